The van der Waals surface area contributed by atoms with Gasteiger partial charge >= 0.3 is 0 Å². The maximum absolute atomic E-state index is 10.1. The zero-order chi connectivity index (χ0) is 9.52. The molecule has 0 bridgehead atoms. The Kier molecular flexibility index (Phi) is 3.97. The second-order valence-corrected chi connectivity index (χ2v) is 3.00. The van der Waals surface area contributed by atoms with Crippen molar-refractivity contribution in [1.82, 2.24) is 0 Å². The molecule has 0 N–H and O–H groups in total. The molecule has 0 radical (unpaired) electrons. The third-order valence-corrected chi connectivity index (χ3v) is 1.96. The van der Waals surface area contributed by atoms with Gasteiger partial charge in [0.2, 0.25) is 0 Å². The SMILES string of the molecule is CC(=CCCC=O)c1ccccc1. The number of rotatable bonds is 4. The highest BCUT2D eigenvalue weighted by Gasteiger charge is 1.91. The van der Waals surface area contributed by atoms with Crippen molar-refractivity contribution >= 4 is 11.9 Å². The van der Waals surface area contributed by atoms with Crippen LogP contribution in [0.25, 0.3) is 5.57 Å². The van der Waals surface area contributed by atoms with Gasteiger partial charge in [0.15, 0.2) is 0 Å². The molecule has 1 heteroatoms. The quantitative estimate of drug-likeness (QED) is 0.506. The van der Waals surface area contributed by atoms with E-state index in [9.17, 15) is 4.79 Å². The smallest absolute Gasteiger partial charge is 0.120 e. The molecule has 0 unspecified atom stereocenters. The Morgan fingerprint density at radius 2 is 1.92 bits per heavy atom. The molecule has 0 spiro atoms. The lowest BCUT2D eigenvalue weighted by atomic mass is 10.1. The van der Waals surface area contributed by atoms with E-state index in [0.29, 0.717) is 6.42 Å². The highest BCUT2D eigenvalue weighted by atomic mass is 16.1. The van der Waals surface area contributed by atoms with Crippen LogP contribution in [0.15, 0.2) is 36.4 Å². The Morgan fingerprint density at radius 1 is 1.23 bits per heavy atom. The van der Waals surface area contributed by atoms with Crippen LogP contribution in [-0.4, -0.2) is 6.29 Å². The van der Waals surface area contributed by atoms with Crippen molar-refractivity contribution < 1.29 is 4.79 Å². The number of hydrogen-bond donors (Lipinski definition) is 0. The van der Waals surface area contributed by atoms with E-state index in [0.717, 1.165) is 12.7 Å². The largest absolute Gasteiger partial charge is 0.303 e. The monoisotopic (exact) mass is 174 g/mol. The highest BCUT2D eigenvalue weighted by Crippen LogP contribution is 2.13. The van der Waals surface area contributed by atoms with Crippen LogP contribution in [0.1, 0.15) is 25.3 Å². The minimum atomic E-state index is 0.615. The molecule has 1 nitrogen and oxygen atoms in total. The Bertz CT molecular complexity index is 285. The van der Waals surface area contributed by atoms with Crippen LogP contribution in [0, 0.1) is 0 Å². The first-order valence-electron chi connectivity index (χ1n) is 4.50. The molecule has 13 heavy (non-hydrogen) atoms. The average molecular weight is 174 g/mol. The van der Waals surface area contributed by atoms with E-state index in [-0.39, 0.29) is 0 Å². The first-order chi connectivity index (χ1) is 6.34. The number of allylic oxidation sites excluding steroid dienone is 2. The van der Waals surface area contributed by atoms with Crippen molar-refractivity contribution in [2.75, 3.05) is 0 Å². The first kappa shape index (κ1) is 9.72. The van der Waals surface area contributed by atoms with Crippen molar-refractivity contribution in [2.45, 2.75) is 19.8 Å². The van der Waals surface area contributed by atoms with E-state index in [1.165, 1.54) is 11.1 Å². The molecule has 0 amide bonds. The Hall–Kier alpha value is -1.37. The number of unbranched alkanes of at least 4 members (excludes halogenated alkanes) is 1. The second kappa shape index (κ2) is 5.31. The van der Waals surface area contributed by atoms with E-state index < -0.39 is 0 Å². The Morgan fingerprint density at radius 3 is 2.54 bits per heavy atom. The van der Waals surface area contributed by atoms with Gasteiger partial charge in [-0.3, -0.25) is 0 Å². The van der Waals surface area contributed by atoms with Crippen LogP contribution < -0.4 is 0 Å². The van der Waals surface area contributed by atoms with Gasteiger partial charge in [0.1, 0.15) is 6.29 Å². The normalized spacial score (nSPS) is 11.3. The zero-order valence-electron chi connectivity index (χ0n) is 7.86. The fourth-order valence-electron chi connectivity index (χ4n) is 1.19. The van der Waals surface area contributed by atoms with E-state index in [2.05, 4.69) is 25.1 Å². The molecule has 0 aliphatic carbocycles. The molecule has 1 aromatic carbocycles. The molecule has 0 aromatic heterocycles. The van der Waals surface area contributed by atoms with Crippen molar-refractivity contribution in [3.8, 4) is 0 Å². The van der Waals surface area contributed by atoms with Crippen molar-refractivity contribution in [3.05, 3.63) is 42.0 Å². The van der Waals surface area contributed by atoms with E-state index >= 15 is 0 Å². The van der Waals surface area contributed by atoms with Crippen molar-refractivity contribution in [3.63, 3.8) is 0 Å². The summed E-state index contributed by atoms with van der Waals surface area (Å²) in [4.78, 5) is 10.1. The lowest BCUT2D eigenvalue weighted by Gasteiger charge is -1.99. The van der Waals surface area contributed by atoms with Crippen molar-refractivity contribution in [2.24, 2.45) is 0 Å². The summed E-state index contributed by atoms with van der Waals surface area (Å²) in [6.45, 7) is 2.07. The van der Waals surface area contributed by atoms with Crippen LogP contribution in [0.3, 0.4) is 0 Å². The number of benzene rings is 1. The van der Waals surface area contributed by atoms with Gasteiger partial charge in [0.25, 0.3) is 0 Å². The molecule has 68 valence electrons. The summed E-state index contributed by atoms with van der Waals surface area (Å²) in [7, 11) is 0. The van der Waals surface area contributed by atoms with Gasteiger partial charge in [0.05, 0.1) is 0 Å². The number of carbonyl (C=O) groups excluding carboxylic acids is 1. The van der Waals surface area contributed by atoms with Gasteiger partial charge in [-0.1, -0.05) is 36.4 Å². The van der Waals surface area contributed by atoms with Gasteiger partial charge in [-0.2, -0.15) is 0 Å². The van der Waals surface area contributed by atoms with E-state index in [4.69, 9.17) is 0 Å². The maximum Gasteiger partial charge on any atom is 0.120 e. The summed E-state index contributed by atoms with van der Waals surface area (Å²) in [5, 5.41) is 0. The number of carbonyl (C=O) groups is 1. The second-order valence-electron chi connectivity index (χ2n) is 3.00. The minimum Gasteiger partial charge on any atom is -0.303 e. The molecule has 0 aliphatic heterocycles. The standard InChI is InChI=1S/C12H14O/c1-11(7-5-6-10-13)12-8-3-2-4-9-12/h2-4,7-10H,5-6H2,1H3. The molecule has 0 saturated heterocycles. The topological polar surface area (TPSA) is 17.1 Å². The summed E-state index contributed by atoms with van der Waals surface area (Å²) < 4.78 is 0. The highest BCUT2D eigenvalue weighted by molar-refractivity contribution is 5.63. The van der Waals surface area contributed by atoms with Gasteiger partial charge in [0, 0.05) is 6.42 Å². The molecule has 0 heterocycles. The number of aldehydes is 1. The lowest BCUT2D eigenvalue weighted by Crippen LogP contribution is -1.79. The Balaban J connectivity index is 2.62. The molecular weight excluding hydrogens is 160 g/mol. The predicted octanol–water partition coefficient (Wildman–Crippen LogP) is 3.07. The van der Waals surface area contributed by atoms with Gasteiger partial charge in [-0.05, 0) is 24.5 Å². The molecule has 0 atom stereocenters. The predicted molar refractivity (Wildman–Crippen MR) is 55.4 cm³/mol. The lowest BCUT2D eigenvalue weighted by molar-refractivity contribution is -0.107. The zero-order valence-corrected chi connectivity index (χ0v) is 7.86. The fourth-order valence-corrected chi connectivity index (χ4v) is 1.19. The number of hydrogen-bond acceptors (Lipinski definition) is 1. The average Bonchev–Trinajstić information content (AvgIpc) is 2.19. The summed E-state index contributed by atoms with van der Waals surface area (Å²) in [6.07, 6.45) is 4.51. The molecular formula is C12H14O. The van der Waals surface area contributed by atoms with E-state index in [1.807, 2.05) is 18.2 Å². The molecule has 1 rings (SSSR count). The van der Waals surface area contributed by atoms with Gasteiger partial charge in [-0.15, -0.1) is 0 Å². The van der Waals surface area contributed by atoms with Gasteiger partial charge in [-0.25, -0.2) is 0 Å². The summed E-state index contributed by atoms with van der Waals surface area (Å²) in [5.74, 6) is 0. The fraction of sp³-hybridized carbons (Fsp3) is 0.250. The maximum atomic E-state index is 10.1. The van der Waals surface area contributed by atoms with Gasteiger partial charge < -0.3 is 4.79 Å². The van der Waals surface area contributed by atoms with Crippen LogP contribution >= 0.6 is 0 Å². The van der Waals surface area contributed by atoms with Crippen LogP contribution in [-0.2, 0) is 4.79 Å². The minimum absolute atomic E-state index is 0.615. The molecule has 1 aromatic rings. The first-order valence-corrected chi connectivity index (χ1v) is 4.50. The third kappa shape index (κ3) is 3.24. The molecule has 0 fully saturated rings. The van der Waals surface area contributed by atoms with Crippen molar-refractivity contribution in [1.29, 1.82) is 0 Å². The summed E-state index contributed by atoms with van der Waals surface area (Å²) >= 11 is 0. The van der Waals surface area contributed by atoms with Crippen LogP contribution in [0.2, 0.25) is 0 Å². The molecule has 0 saturated carbocycles. The molecule has 0 aliphatic rings. The van der Waals surface area contributed by atoms with Crippen LogP contribution in [0.4, 0.5) is 0 Å². The Labute approximate surface area is 79.1 Å². The third-order valence-electron chi connectivity index (χ3n) is 1.96. The van der Waals surface area contributed by atoms with E-state index in [1.54, 1.807) is 0 Å². The summed E-state index contributed by atoms with van der Waals surface area (Å²) in [6, 6.07) is 10.2. The van der Waals surface area contributed by atoms with Crippen LogP contribution in [0.5, 0.6) is 0 Å². The summed E-state index contributed by atoms with van der Waals surface area (Å²) in [5.41, 5.74) is 2.47.